The molecule has 1 heterocycles. The second kappa shape index (κ2) is 7.36. The Balaban J connectivity index is 2.17. The fourth-order valence-electron chi connectivity index (χ4n) is 3.09. The topological polar surface area (TPSA) is 84.6 Å². The zero-order valence-corrected chi connectivity index (χ0v) is 15.0. The fourth-order valence-corrected chi connectivity index (χ4v) is 3.09. The molecule has 0 saturated carbocycles. The Kier molecular flexibility index (Phi) is 5.67. The van der Waals surface area contributed by atoms with Crippen LogP contribution < -0.4 is 11.1 Å². The Hall–Kier alpha value is -1.85. The summed E-state index contributed by atoms with van der Waals surface area (Å²) in [6.07, 6.45) is 2.08. The van der Waals surface area contributed by atoms with Crippen LogP contribution in [-0.4, -0.2) is 36.4 Å². The van der Waals surface area contributed by atoms with Crippen molar-refractivity contribution in [3.05, 3.63) is 40.5 Å². The highest BCUT2D eigenvalue weighted by molar-refractivity contribution is 5.93. The molecule has 0 unspecified atom stereocenters. The molecule has 4 N–H and O–H groups in total. The number of nitrogens with two attached hydrogens (primary N) is 1. The zero-order valence-electron chi connectivity index (χ0n) is 15.0. The van der Waals surface area contributed by atoms with Gasteiger partial charge in [-0.15, -0.1) is 0 Å². The molecule has 0 radical (unpaired) electrons. The lowest BCUT2D eigenvalue weighted by Crippen LogP contribution is -2.49. The van der Waals surface area contributed by atoms with Gasteiger partial charge in [0, 0.05) is 18.4 Å². The van der Waals surface area contributed by atoms with Crippen molar-refractivity contribution in [1.29, 1.82) is 0 Å². The second-order valence-electron chi connectivity index (χ2n) is 6.95. The SMILES string of the molecule is COC[C@](O)(CCC(C)=C(C)C)[C@@H]1Cc2cc(C(N)=O)ccc2N1. The molecular formula is C19H28N2O3. The molecule has 1 aliphatic rings. The van der Waals surface area contributed by atoms with Crippen molar-refractivity contribution >= 4 is 11.6 Å². The summed E-state index contributed by atoms with van der Waals surface area (Å²) >= 11 is 0. The summed E-state index contributed by atoms with van der Waals surface area (Å²) in [5, 5.41) is 14.6. The number of carbonyl (C=O) groups is 1. The van der Waals surface area contributed by atoms with Crippen LogP contribution in [0, 0.1) is 0 Å². The molecule has 132 valence electrons. The Bertz CT molecular complexity index is 650. The fraction of sp³-hybridized carbons (Fsp3) is 0.526. The number of nitrogens with one attached hydrogen (secondary N) is 1. The minimum Gasteiger partial charge on any atom is -0.385 e. The summed E-state index contributed by atoms with van der Waals surface area (Å²) in [5.41, 5.74) is 9.39. The predicted octanol–water partition coefficient (Wildman–Crippen LogP) is 2.64. The van der Waals surface area contributed by atoms with Crippen LogP contribution in [0.5, 0.6) is 0 Å². The molecule has 0 saturated heterocycles. The smallest absolute Gasteiger partial charge is 0.248 e. The van der Waals surface area contributed by atoms with Gasteiger partial charge in [0.25, 0.3) is 0 Å². The molecule has 2 atom stereocenters. The molecule has 0 fully saturated rings. The van der Waals surface area contributed by atoms with Gasteiger partial charge in [-0.3, -0.25) is 4.79 Å². The number of aliphatic hydroxyl groups is 1. The lowest BCUT2D eigenvalue weighted by Gasteiger charge is -2.34. The molecule has 2 rings (SSSR count). The molecule has 5 nitrogen and oxygen atoms in total. The first kappa shape index (κ1) is 18.5. The molecule has 1 amide bonds. The van der Waals surface area contributed by atoms with Crippen LogP contribution in [0.2, 0.25) is 0 Å². The lowest BCUT2D eigenvalue weighted by atomic mass is 9.86. The van der Waals surface area contributed by atoms with Gasteiger partial charge < -0.3 is 20.9 Å². The molecule has 0 aromatic heterocycles. The van der Waals surface area contributed by atoms with E-state index in [1.165, 1.54) is 11.1 Å². The minimum absolute atomic E-state index is 0.152. The molecule has 24 heavy (non-hydrogen) atoms. The molecule has 1 aromatic rings. The van der Waals surface area contributed by atoms with Gasteiger partial charge in [0.2, 0.25) is 5.91 Å². The van der Waals surface area contributed by atoms with E-state index in [-0.39, 0.29) is 12.6 Å². The molecule has 0 aliphatic carbocycles. The van der Waals surface area contributed by atoms with Gasteiger partial charge >= 0.3 is 0 Å². The minimum atomic E-state index is -0.975. The van der Waals surface area contributed by atoms with Crippen LogP contribution >= 0.6 is 0 Å². The number of primary amides is 1. The number of ether oxygens (including phenoxy) is 1. The summed E-state index contributed by atoms with van der Waals surface area (Å²) in [5.74, 6) is -0.437. The summed E-state index contributed by atoms with van der Waals surface area (Å²) in [6.45, 7) is 6.52. The number of benzene rings is 1. The highest BCUT2D eigenvalue weighted by atomic mass is 16.5. The Labute approximate surface area is 143 Å². The zero-order chi connectivity index (χ0) is 17.9. The highest BCUT2D eigenvalue weighted by Crippen LogP contribution is 2.34. The maximum Gasteiger partial charge on any atom is 0.248 e. The monoisotopic (exact) mass is 332 g/mol. The quantitative estimate of drug-likeness (QED) is 0.670. The van der Waals surface area contributed by atoms with E-state index in [9.17, 15) is 9.90 Å². The van der Waals surface area contributed by atoms with Crippen LogP contribution in [0.3, 0.4) is 0 Å². The van der Waals surface area contributed by atoms with Crippen molar-refractivity contribution in [3.8, 4) is 0 Å². The first-order valence-corrected chi connectivity index (χ1v) is 8.30. The number of hydrogen-bond donors (Lipinski definition) is 3. The number of rotatable bonds is 7. The summed E-state index contributed by atoms with van der Waals surface area (Å²) in [7, 11) is 1.60. The van der Waals surface area contributed by atoms with Gasteiger partial charge in [0.15, 0.2) is 0 Å². The van der Waals surface area contributed by atoms with E-state index in [2.05, 4.69) is 26.1 Å². The van der Waals surface area contributed by atoms with E-state index in [1.807, 2.05) is 6.07 Å². The van der Waals surface area contributed by atoms with Crippen molar-refractivity contribution in [3.63, 3.8) is 0 Å². The maximum absolute atomic E-state index is 11.4. The first-order valence-electron chi connectivity index (χ1n) is 8.30. The summed E-state index contributed by atoms with van der Waals surface area (Å²) in [6, 6.07) is 5.21. The van der Waals surface area contributed by atoms with Crippen LogP contribution in [-0.2, 0) is 11.2 Å². The molecule has 1 aromatic carbocycles. The Morgan fingerprint density at radius 3 is 2.71 bits per heavy atom. The summed E-state index contributed by atoms with van der Waals surface area (Å²) in [4.78, 5) is 11.4. The van der Waals surface area contributed by atoms with E-state index >= 15 is 0 Å². The Morgan fingerprint density at radius 2 is 2.12 bits per heavy atom. The molecule has 0 bridgehead atoms. The number of hydrogen-bond acceptors (Lipinski definition) is 4. The molecule has 1 aliphatic heterocycles. The van der Waals surface area contributed by atoms with Gasteiger partial charge in [0.05, 0.1) is 12.6 Å². The average Bonchev–Trinajstić information content (AvgIpc) is 2.96. The largest absolute Gasteiger partial charge is 0.385 e. The molecule has 0 spiro atoms. The third-order valence-corrected chi connectivity index (χ3v) is 4.97. The molecule has 5 heteroatoms. The van der Waals surface area contributed by atoms with Crippen LogP contribution in [0.1, 0.15) is 49.5 Å². The van der Waals surface area contributed by atoms with Crippen LogP contribution in [0.25, 0.3) is 0 Å². The Morgan fingerprint density at radius 1 is 1.42 bits per heavy atom. The number of anilines is 1. The normalized spacial score (nSPS) is 18.5. The van der Waals surface area contributed by atoms with Crippen LogP contribution in [0.4, 0.5) is 5.69 Å². The van der Waals surface area contributed by atoms with Crippen molar-refractivity contribution in [2.24, 2.45) is 5.73 Å². The van der Waals surface area contributed by atoms with E-state index in [1.54, 1.807) is 19.2 Å². The van der Waals surface area contributed by atoms with Crippen molar-refractivity contribution < 1.29 is 14.6 Å². The predicted molar refractivity (Wildman–Crippen MR) is 96.2 cm³/mol. The third kappa shape index (κ3) is 3.97. The highest BCUT2D eigenvalue weighted by Gasteiger charge is 2.40. The number of amides is 1. The second-order valence-corrected chi connectivity index (χ2v) is 6.95. The van der Waals surface area contributed by atoms with Gasteiger partial charge in [0.1, 0.15) is 5.60 Å². The number of methoxy groups -OCH3 is 1. The standard InChI is InChI=1S/C19H28N2O3/c1-12(2)13(3)7-8-19(23,11-24-4)17-10-15-9-14(18(20)22)5-6-16(15)21-17/h5-6,9,17,21,23H,7-8,10-11H2,1-4H3,(H2,20,22)/t17-,19+/m0/s1. The maximum atomic E-state index is 11.4. The van der Waals surface area contributed by atoms with E-state index in [0.29, 0.717) is 18.4 Å². The van der Waals surface area contributed by atoms with Gasteiger partial charge in [-0.25, -0.2) is 0 Å². The van der Waals surface area contributed by atoms with Crippen molar-refractivity contribution in [2.75, 3.05) is 19.0 Å². The summed E-state index contributed by atoms with van der Waals surface area (Å²) < 4.78 is 5.29. The van der Waals surface area contributed by atoms with Gasteiger partial charge in [-0.1, -0.05) is 11.1 Å². The van der Waals surface area contributed by atoms with Crippen molar-refractivity contribution in [1.82, 2.24) is 0 Å². The van der Waals surface area contributed by atoms with Crippen LogP contribution in [0.15, 0.2) is 29.3 Å². The van der Waals surface area contributed by atoms with Gasteiger partial charge in [-0.05, 0) is 63.8 Å². The lowest BCUT2D eigenvalue weighted by molar-refractivity contribution is -0.0489. The van der Waals surface area contributed by atoms with Gasteiger partial charge in [-0.2, -0.15) is 0 Å². The number of fused-ring (bicyclic) bond motifs is 1. The number of carbonyl (C=O) groups excluding carboxylic acids is 1. The first-order chi connectivity index (χ1) is 11.3. The number of allylic oxidation sites excluding steroid dienone is 2. The third-order valence-electron chi connectivity index (χ3n) is 4.97. The van der Waals surface area contributed by atoms with E-state index in [0.717, 1.165) is 17.7 Å². The van der Waals surface area contributed by atoms with Crippen molar-refractivity contribution in [2.45, 2.75) is 51.7 Å². The average molecular weight is 332 g/mol. The molecular weight excluding hydrogens is 304 g/mol. The van der Waals surface area contributed by atoms with E-state index in [4.69, 9.17) is 10.5 Å². The van der Waals surface area contributed by atoms with E-state index < -0.39 is 11.5 Å².